The average Bonchev–Trinajstić information content (AvgIpc) is 2.60. The summed E-state index contributed by atoms with van der Waals surface area (Å²) in [5.74, 6) is 1.18. The van der Waals surface area contributed by atoms with Crippen LogP contribution in [0.1, 0.15) is 32.1 Å². The van der Waals surface area contributed by atoms with E-state index in [1.165, 1.54) is 0 Å². The van der Waals surface area contributed by atoms with Crippen molar-refractivity contribution >= 4 is 9.84 Å². The van der Waals surface area contributed by atoms with Gasteiger partial charge in [-0.3, -0.25) is 0 Å². The molecule has 0 spiro atoms. The van der Waals surface area contributed by atoms with Crippen LogP contribution in [0, 0.1) is 5.92 Å². The number of hydrogen-bond donors (Lipinski definition) is 2. The predicted molar refractivity (Wildman–Crippen MR) is 63.0 cm³/mol. The fraction of sp³-hybridized carbons (Fsp3) is 1.00. The van der Waals surface area contributed by atoms with Gasteiger partial charge in [0.15, 0.2) is 9.84 Å². The lowest BCUT2D eigenvalue weighted by molar-refractivity contribution is 0.177. The first-order valence-corrected chi connectivity index (χ1v) is 7.99. The average molecular weight is 247 g/mol. The highest BCUT2D eigenvalue weighted by molar-refractivity contribution is 7.91. The molecule has 0 amide bonds. The third-order valence-corrected chi connectivity index (χ3v) is 5.49. The summed E-state index contributed by atoms with van der Waals surface area (Å²) in [6.07, 6.45) is 4.44. The first kappa shape index (κ1) is 12.3. The molecule has 1 heterocycles. The summed E-state index contributed by atoms with van der Waals surface area (Å²) in [4.78, 5) is 0. The van der Waals surface area contributed by atoms with Gasteiger partial charge in [-0.2, -0.15) is 0 Å². The molecule has 1 saturated carbocycles. The summed E-state index contributed by atoms with van der Waals surface area (Å²) in [5, 5.41) is 12.7. The second-order valence-electron chi connectivity index (χ2n) is 5.19. The van der Waals surface area contributed by atoms with E-state index in [4.69, 9.17) is 0 Å². The Balaban J connectivity index is 1.73. The van der Waals surface area contributed by atoms with Crippen molar-refractivity contribution in [3.63, 3.8) is 0 Å². The molecule has 3 unspecified atom stereocenters. The monoisotopic (exact) mass is 247 g/mol. The summed E-state index contributed by atoms with van der Waals surface area (Å²) in [5.41, 5.74) is 0. The predicted octanol–water partition coefficient (Wildman–Crippen LogP) is 0.314. The van der Waals surface area contributed by atoms with Crippen molar-refractivity contribution < 1.29 is 13.5 Å². The van der Waals surface area contributed by atoms with E-state index in [1.807, 2.05) is 0 Å². The standard InChI is InChI=1S/C11H21NO3S/c13-11-4-3-9(6-11)7-12-10-2-1-5-16(14,15)8-10/h9-13H,1-8H2. The molecule has 0 radical (unpaired) electrons. The highest BCUT2D eigenvalue weighted by Gasteiger charge is 2.27. The highest BCUT2D eigenvalue weighted by Crippen LogP contribution is 2.25. The minimum Gasteiger partial charge on any atom is -0.393 e. The lowest BCUT2D eigenvalue weighted by atomic mass is 10.1. The molecule has 1 aliphatic carbocycles. The van der Waals surface area contributed by atoms with Crippen LogP contribution < -0.4 is 5.32 Å². The molecule has 1 saturated heterocycles. The van der Waals surface area contributed by atoms with Crippen LogP contribution in [-0.4, -0.2) is 43.7 Å². The fourth-order valence-corrected chi connectivity index (χ4v) is 4.42. The summed E-state index contributed by atoms with van der Waals surface area (Å²) in [6.45, 7) is 0.858. The van der Waals surface area contributed by atoms with Crippen LogP contribution >= 0.6 is 0 Å². The Morgan fingerprint density at radius 1 is 1.25 bits per heavy atom. The van der Waals surface area contributed by atoms with Gasteiger partial charge in [0.25, 0.3) is 0 Å². The summed E-state index contributed by atoms with van der Waals surface area (Å²) in [6, 6.07) is 0.136. The topological polar surface area (TPSA) is 66.4 Å². The van der Waals surface area contributed by atoms with E-state index in [0.717, 1.165) is 38.6 Å². The molecule has 0 bridgehead atoms. The third-order valence-electron chi connectivity index (χ3n) is 3.67. The molecule has 2 rings (SSSR count). The number of aliphatic hydroxyl groups excluding tert-OH is 1. The van der Waals surface area contributed by atoms with Crippen LogP contribution in [0.4, 0.5) is 0 Å². The van der Waals surface area contributed by atoms with Crippen molar-refractivity contribution in [2.45, 2.75) is 44.2 Å². The molecule has 0 aromatic rings. The maximum atomic E-state index is 11.4. The van der Waals surface area contributed by atoms with Crippen LogP contribution in [0.3, 0.4) is 0 Å². The van der Waals surface area contributed by atoms with Gasteiger partial charge >= 0.3 is 0 Å². The first-order valence-electron chi connectivity index (χ1n) is 6.17. The Morgan fingerprint density at radius 3 is 2.69 bits per heavy atom. The van der Waals surface area contributed by atoms with Crippen LogP contribution in [0.15, 0.2) is 0 Å². The maximum absolute atomic E-state index is 11.4. The Kier molecular flexibility index (Phi) is 3.87. The van der Waals surface area contributed by atoms with Gasteiger partial charge in [0, 0.05) is 6.04 Å². The molecule has 3 atom stereocenters. The molecule has 0 aromatic heterocycles. The highest BCUT2D eigenvalue weighted by atomic mass is 32.2. The summed E-state index contributed by atoms with van der Waals surface area (Å²) >= 11 is 0. The molecule has 2 aliphatic rings. The van der Waals surface area contributed by atoms with E-state index in [-0.39, 0.29) is 12.1 Å². The van der Waals surface area contributed by atoms with Crippen LogP contribution in [0.25, 0.3) is 0 Å². The van der Waals surface area contributed by atoms with E-state index in [9.17, 15) is 13.5 Å². The zero-order chi connectivity index (χ0) is 11.6. The Hall–Kier alpha value is -0.130. The molecule has 16 heavy (non-hydrogen) atoms. The second-order valence-corrected chi connectivity index (χ2v) is 7.42. The molecule has 2 fully saturated rings. The van der Waals surface area contributed by atoms with Crippen LogP contribution in [0.2, 0.25) is 0 Å². The normalized spacial score (nSPS) is 38.7. The molecule has 2 N–H and O–H groups in total. The van der Waals surface area contributed by atoms with Crippen molar-refractivity contribution in [3.8, 4) is 0 Å². The second kappa shape index (κ2) is 5.02. The SMILES string of the molecule is O=S1(=O)CCCC(NCC2CCC(O)C2)C1. The van der Waals surface area contributed by atoms with E-state index in [0.29, 0.717) is 17.4 Å². The van der Waals surface area contributed by atoms with Gasteiger partial charge in [0.05, 0.1) is 17.6 Å². The molecule has 94 valence electrons. The molecular formula is C11H21NO3S. The minimum atomic E-state index is -2.80. The molecule has 0 aromatic carbocycles. The number of hydrogen-bond acceptors (Lipinski definition) is 4. The molecule has 4 nitrogen and oxygen atoms in total. The van der Waals surface area contributed by atoms with Crippen LogP contribution in [-0.2, 0) is 9.84 Å². The zero-order valence-electron chi connectivity index (χ0n) is 9.56. The largest absolute Gasteiger partial charge is 0.393 e. The summed E-state index contributed by atoms with van der Waals surface area (Å²) < 4.78 is 22.9. The van der Waals surface area contributed by atoms with Gasteiger partial charge in [-0.1, -0.05) is 0 Å². The van der Waals surface area contributed by atoms with Gasteiger partial charge in [-0.25, -0.2) is 8.42 Å². The van der Waals surface area contributed by atoms with Crippen molar-refractivity contribution in [2.75, 3.05) is 18.1 Å². The van der Waals surface area contributed by atoms with Crippen molar-refractivity contribution in [1.82, 2.24) is 5.32 Å². The van der Waals surface area contributed by atoms with E-state index in [2.05, 4.69) is 5.32 Å². The number of sulfone groups is 1. The Bertz CT molecular complexity index is 328. The van der Waals surface area contributed by atoms with Crippen LogP contribution in [0.5, 0.6) is 0 Å². The van der Waals surface area contributed by atoms with Crippen molar-refractivity contribution in [3.05, 3.63) is 0 Å². The quantitative estimate of drug-likeness (QED) is 0.753. The van der Waals surface area contributed by atoms with E-state index in [1.54, 1.807) is 0 Å². The molecule has 1 aliphatic heterocycles. The maximum Gasteiger partial charge on any atom is 0.151 e. The molecular weight excluding hydrogens is 226 g/mol. The Morgan fingerprint density at radius 2 is 2.06 bits per heavy atom. The van der Waals surface area contributed by atoms with Crippen molar-refractivity contribution in [1.29, 1.82) is 0 Å². The fourth-order valence-electron chi connectivity index (χ4n) is 2.75. The van der Waals surface area contributed by atoms with Gasteiger partial charge in [0.1, 0.15) is 0 Å². The van der Waals surface area contributed by atoms with Crippen molar-refractivity contribution in [2.24, 2.45) is 5.92 Å². The Labute approximate surface area is 97.3 Å². The van der Waals surface area contributed by atoms with E-state index >= 15 is 0 Å². The van der Waals surface area contributed by atoms with E-state index < -0.39 is 9.84 Å². The lowest BCUT2D eigenvalue weighted by Gasteiger charge is -2.24. The third kappa shape index (κ3) is 3.43. The smallest absolute Gasteiger partial charge is 0.151 e. The number of nitrogens with one attached hydrogen (secondary N) is 1. The first-order chi connectivity index (χ1) is 7.55. The lowest BCUT2D eigenvalue weighted by Crippen LogP contribution is -2.41. The zero-order valence-corrected chi connectivity index (χ0v) is 10.4. The van der Waals surface area contributed by atoms with Gasteiger partial charge in [-0.05, 0) is 44.6 Å². The number of rotatable bonds is 3. The van der Waals surface area contributed by atoms with Gasteiger partial charge in [-0.15, -0.1) is 0 Å². The summed E-state index contributed by atoms with van der Waals surface area (Å²) in [7, 11) is -2.80. The van der Waals surface area contributed by atoms with Gasteiger partial charge in [0.2, 0.25) is 0 Å². The van der Waals surface area contributed by atoms with Gasteiger partial charge < -0.3 is 10.4 Å². The number of aliphatic hydroxyl groups is 1. The molecule has 5 heteroatoms. The minimum absolute atomic E-state index is 0.136.